The molecule has 1 N–H and O–H groups in total. The number of rotatable bonds is 3. The van der Waals surface area contributed by atoms with Crippen molar-refractivity contribution in [1.82, 2.24) is 15.1 Å². The summed E-state index contributed by atoms with van der Waals surface area (Å²) in [5.74, 6) is 0. The lowest BCUT2D eigenvalue weighted by Crippen LogP contribution is -2.51. The number of hydrogen-bond donors (Lipinski definition) is 1. The number of piperazine rings is 1. The Hall–Kier alpha value is -2.06. The summed E-state index contributed by atoms with van der Waals surface area (Å²) in [7, 11) is 0. The zero-order valence-electron chi connectivity index (χ0n) is 13.1. The molecule has 1 fully saturated rings. The van der Waals surface area contributed by atoms with Crippen LogP contribution in [0.2, 0.25) is 5.02 Å². The Balaban J connectivity index is 1.78. The third-order valence-electron chi connectivity index (χ3n) is 4.22. The first-order valence-corrected chi connectivity index (χ1v) is 8.09. The summed E-state index contributed by atoms with van der Waals surface area (Å²) >= 11 is 5.97. The van der Waals surface area contributed by atoms with Crippen LogP contribution in [0.15, 0.2) is 41.3 Å². The summed E-state index contributed by atoms with van der Waals surface area (Å²) in [6.07, 6.45) is -2.95. The molecule has 2 heterocycles. The number of aromatic nitrogens is 2. The van der Waals surface area contributed by atoms with Gasteiger partial charge in [-0.1, -0.05) is 41.9 Å². The Kier molecular flexibility index (Phi) is 5.01. The van der Waals surface area contributed by atoms with Crippen LogP contribution in [0, 0.1) is 0 Å². The molecular formula is C16H16ClF3N4O. The Morgan fingerprint density at radius 3 is 2.36 bits per heavy atom. The van der Waals surface area contributed by atoms with Gasteiger partial charge in [-0.15, -0.1) is 0 Å². The lowest BCUT2D eigenvalue weighted by molar-refractivity contribution is -0.187. The molecule has 0 spiro atoms. The van der Waals surface area contributed by atoms with Crippen molar-refractivity contribution in [3.63, 3.8) is 0 Å². The zero-order chi connectivity index (χ0) is 18.0. The second kappa shape index (κ2) is 7.05. The predicted octanol–water partition coefficient (Wildman–Crippen LogP) is 2.85. The Bertz CT molecular complexity index is 773. The summed E-state index contributed by atoms with van der Waals surface area (Å²) in [5.41, 5.74) is 0.145. The highest BCUT2D eigenvalue weighted by atomic mass is 35.5. The molecule has 1 aliphatic rings. The molecular weight excluding hydrogens is 357 g/mol. The first-order chi connectivity index (χ1) is 11.9. The van der Waals surface area contributed by atoms with Crippen LogP contribution < -0.4 is 10.5 Å². The van der Waals surface area contributed by atoms with Gasteiger partial charge >= 0.3 is 6.18 Å². The maximum atomic E-state index is 13.6. The van der Waals surface area contributed by atoms with Crippen LogP contribution in [0.1, 0.15) is 11.6 Å². The van der Waals surface area contributed by atoms with E-state index in [1.165, 1.54) is 23.2 Å². The lowest BCUT2D eigenvalue weighted by atomic mass is 10.0. The summed E-state index contributed by atoms with van der Waals surface area (Å²) < 4.78 is 40.8. The molecule has 1 saturated heterocycles. The summed E-state index contributed by atoms with van der Waals surface area (Å²) in [6.45, 7) is 1.04. The molecule has 0 radical (unpaired) electrons. The quantitative estimate of drug-likeness (QED) is 0.900. The molecule has 1 aromatic carbocycles. The Morgan fingerprint density at radius 2 is 1.76 bits per heavy atom. The van der Waals surface area contributed by atoms with Gasteiger partial charge in [0.25, 0.3) is 5.56 Å². The normalized spacial score (nSPS) is 17.5. The van der Waals surface area contributed by atoms with Gasteiger partial charge in [0.05, 0.1) is 11.9 Å². The number of alkyl halides is 3. The van der Waals surface area contributed by atoms with Crippen molar-refractivity contribution in [2.24, 2.45) is 0 Å². The number of hydrogen-bond acceptors (Lipinski definition) is 4. The van der Waals surface area contributed by atoms with E-state index >= 15 is 0 Å². The van der Waals surface area contributed by atoms with Crippen molar-refractivity contribution < 1.29 is 13.2 Å². The van der Waals surface area contributed by atoms with Gasteiger partial charge in [0.2, 0.25) is 0 Å². The van der Waals surface area contributed by atoms with Gasteiger partial charge in [-0.25, -0.2) is 5.10 Å². The summed E-state index contributed by atoms with van der Waals surface area (Å²) in [6, 6.07) is 6.22. The first kappa shape index (κ1) is 17.8. The van der Waals surface area contributed by atoms with E-state index in [0.717, 1.165) is 0 Å². The van der Waals surface area contributed by atoms with Crippen molar-refractivity contribution in [3.05, 3.63) is 57.5 Å². The molecule has 1 aromatic heterocycles. The van der Waals surface area contributed by atoms with Gasteiger partial charge < -0.3 is 4.90 Å². The number of anilines is 1. The number of nitrogens with zero attached hydrogens (tertiary/aromatic N) is 3. The van der Waals surface area contributed by atoms with Crippen molar-refractivity contribution in [2.45, 2.75) is 12.2 Å². The van der Waals surface area contributed by atoms with Crippen LogP contribution in [-0.2, 0) is 0 Å². The van der Waals surface area contributed by atoms with Crippen molar-refractivity contribution in [1.29, 1.82) is 0 Å². The molecule has 0 bridgehead atoms. The lowest BCUT2D eigenvalue weighted by Gasteiger charge is -2.40. The molecule has 25 heavy (non-hydrogen) atoms. The molecule has 3 rings (SSSR count). The highest BCUT2D eigenvalue weighted by Crippen LogP contribution is 2.38. The fraction of sp³-hybridized carbons (Fsp3) is 0.375. The van der Waals surface area contributed by atoms with Crippen LogP contribution in [0.4, 0.5) is 18.9 Å². The van der Waals surface area contributed by atoms with Crippen LogP contribution in [0.3, 0.4) is 0 Å². The monoisotopic (exact) mass is 372 g/mol. The van der Waals surface area contributed by atoms with Crippen molar-refractivity contribution >= 4 is 17.3 Å². The molecule has 5 nitrogen and oxygen atoms in total. The number of H-pyrrole nitrogens is 1. The standard InChI is InChI=1S/C16H16ClF3N4O/c17-13-12(10-21-22-15(13)25)23-6-8-24(9-7-23)14(16(18,19)20)11-4-2-1-3-5-11/h1-5,10,14H,6-9H2,(H,22,25). The van der Waals surface area contributed by atoms with E-state index in [1.54, 1.807) is 23.1 Å². The molecule has 0 aliphatic carbocycles. The average molecular weight is 373 g/mol. The Labute approximate surface area is 147 Å². The van der Waals surface area contributed by atoms with E-state index in [9.17, 15) is 18.0 Å². The highest BCUT2D eigenvalue weighted by Gasteiger charge is 2.45. The molecule has 1 unspecified atom stereocenters. The van der Waals surface area contributed by atoms with Gasteiger partial charge in [0.15, 0.2) is 0 Å². The molecule has 1 aliphatic heterocycles. The predicted molar refractivity (Wildman–Crippen MR) is 88.9 cm³/mol. The van der Waals surface area contributed by atoms with Gasteiger partial charge in [0.1, 0.15) is 11.1 Å². The second-order valence-electron chi connectivity index (χ2n) is 5.78. The third-order valence-corrected chi connectivity index (χ3v) is 4.59. The highest BCUT2D eigenvalue weighted by molar-refractivity contribution is 6.32. The van der Waals surface area contributed by atoms with E-state index in [0.29, 0.717) is 18.8 Å². The average Bonchev–Trinajstić information content (AvgIpc) is 2.58. The molecule has 2 aromatic rings. The minimum absolute atomic E-state index is 0.00104. The molecule has 0 saturated carbocycles. The second-order valence-corrected chi connectivity index (χ2v) is 6.15. The number of halogens is 4. The topological polar surface area (TPSA) is 52.2 Å². The fourth-order valence-corrected chi connectivity index (χ4v) is 3.27. The largest absolute Gasteiger partial charge is 0.408 e. The number of aromatic amines is 1. The van der Waals surface area contributed by atoms with Crippen molar-refractivity contribution in [2.75, 3.05) is 31.1 Å². The van der Waals surface area contributed by atoms with E-state index < -0.39 is 17.8 Å². The summed E-state index contributed by atoms with van der Waals surface area (Å²) in [5, 5.41) is 5.93. The number of nitrogens with one attached hydrogen (secondary N) is 1. The van der Waals surface area contributed by atoms with Gasteiger partial charge in [-0.05, 0) is 5.56 Å². The molecule has 1 atom stereocenters. The minimum Gasteiger partial charge on any atom is -0.366 e. The van der Waals surface area contributed by atoms with Gasteiger partial charge in [-0.3, -0.25) is 9.69 Å². The fourth-order valence-electron chi connectivity index (χ4n) is 3.06. The third kappa shape index (κ3) is 3.80. The Morgan fingerprint density at radius 1 is 1.12 bits per heavy atom. The minimum atomic E-state index is -4.37. The SMILES string of the molecule is O=c1[nH]ncc(N2CCN(C(c3ccccc3)C(F)(F)F)CC2)c1Cl. The van der Waals surface area contributed by atoms with E-state index in [2.05, 4.69) is 10.2 Å². The maximum absolute atomic E-state index is 13.6. The van der Waals surface area contributed by atoms with Crippen LogP contribution in [0.5, 0.6) is 0 Å². The van der Waals surface area contributed by atoms with Crippen LogP contribution in [-0.4, -0.2) is 47.5 Å². The van der Waals surface area contributed by atoms with Crippen molar-refractivity contribution in [3.8, 4) is 0 Å². The van der Waals surface area contributed by atoms with E-state index in [1.807, 2.05) is 0 Å². The number of benzene rings is 1. The smallest absolute Gasteiger partial charge is 0.366 e. The summed E-state index contributed by atoms with van der Waals surface area (Å²) in [4.78, 5) is 14.7. The zero-order valence-corrected chi connectivity index (χ0v) is 13.9. The van der Waals surface area contributed by atoms with E-state index in [-0.39, 0.29) is 23.7 Å². The van der Waals surface area contributed by atoms with Gasteiger partial charge in [0, 0.05) is 26.2 Å². The molecule has 9 heteroatoms. The van der Waals surface area contributed by atoms with Crippen LogP contribution in [0.25, 0.3) is 0 Å². The first-order valence-electron chi connectivity index (χ1n) is 7.72. The van der Waals surface area contributed by atoms with Crippen LogP contribution >= 0.6 is 11.6 Å². The molecule has 134 valence electrons. The maximum Gasteiger partial charge on any atom is 0.408 e. The van der Waals surface area contributed by atoms with E-state index in [4.69, 9.17) is 11.6 Å². The van der Waals surface area contributed by atoms with Gasteiger partial charge in [-0.2, -0.15) is 18.3 Å². The molecule has 0 amide bonds.